The normalized spacial score (nSPS) is 12.1. The van der Waals surface area contributed by atoms with Crippen molar-refractivity contribution in [2.45, 2.75) is 20.0 Å². The Morgan fingerprint density at radius 2 is 1.65 bits per heavy atom. The molecule has 0 spiro atoms. The molecule has 0 saturated carbocycles. The second kappa shape index (κ2) is 7.20. The van der Waals surface area contributed by atoms with Crippen LogP contribution in [0.4, 0.5) is 18.9 Å². The number of carbonyl (C=O) groups is 1. The smallest absolute Gasteiger partial charge is 0.342 e. The average Bonchev–Trinajstić information content (AvgIpc) is 2.44. The lowest BCUT2D eigenvalue weighted by Crippen LogP contribution is -2.43. The first-order valence-corrected chi connectivity index (χ1v) is 8.78. The van der Waals surface area contributed by atoms with Gasteiger partial charge in [0.05, 0.1) is 17.5 Å². The van der Waals surface area contributed by atoms with Crippen LogP contribution in [0.2, 0.25) is 0 Å². The van der Waals surface area contributed by atoms with E-state index in [0.29, 0.717) is 17.4 Å². The van der Waals surface area contributed by atoms with Gasteiger partial charge in [0.25, 0.3) is 0 Å². The number of nitrogens with zero attached hydrogens (tertiary/aromatic N) is 2. The molecule has 0 atom stereocenters. The second-order valence-corrected chi connectivity index (χ2v) is 6.76. The van der Waals surface area contributed by atoms with Crippen LogP contribution in [0.25, 0.3) is 0 Å². The Morgan fingerprint density at radius 3 is 2.09 bits per heavy atom. The zero-order valence-corrected chi connectivity index (χ0v) is 13.9. The van der Waals surface area contributed by atoms with Gasteiger partial charge in [-0.05, 0) is 26.0 Å². The van der Waals surface area contributed by atoms with Gasteiger partial charge < -0.3 is 4.90 Å². The number of benzene rings is 1. The maximum atomic E-state index is 13.1. The zero-order chi connectivity index (χ0) is 17.8. The highest BCUT2D eigenvalue weighted by Gasteiger charge is 2.37. The lowest BCUT2D eigenvalue weighted by atomic mass is 10.1. The first-order valence-electron chi connectivity index (χ1n) is 6.94. The van der Waals surface area contributed by atoms with Crippen LogP contribution in [-0.2, 0) is 21.0 Å². The van der Waals surface area contributed by atoms with Crippen molar-refractivity contribution in [1.82, 2.24) is 4.90 Å². The summed E-state index contributed by atoms with van der Waals surface area (Å²) in [6, 6.07) is 4.29. The summed E-state index contributed by atoms with van der Waals surface area (Å²) in [6.07, 6.45) is -3.95. The largest absolute Gasteiger partial charge is 0.418 e. The van der Waals surface area contributed by atoms with Crippen LogP contribution < -0.4 is 4.31 Å². The van der Waals surface area contributed by atoms with Crippen molar-refractivity contribution in [3.05, 3.63) is 29.8 Å². The van der Waals surface area contributed by atoms with Crippen LogP contribution in [-0.4, -0.2) is 45.1 Å². The average molecular weight is 352 g/mol. The molecule has 1 rings (SSSR count). The van der Waals surface area contributed by atoms with Gasteiger partial charge in [0.2, 0.25) is 15.9 Å². The number of para-hydroxylation sites is 1. The molecular formula is C14H19F3N2O3S. The van der Waals surface area contributed by atoms with E-state index in [1.807, 2.05) is 0 Å². The summed E-state index contributed by atoms with van der Waals surface area (Å²) >= 11 is 0. The highest BCUT2D eigenvalue weighted by atomic mass is 32.2. The SMILES string of the molecule is CCN(CC)C(=O)CN(c1ccccc1C(F)(F)F)S(C)(=O)=O. The molecule has 9 heteroatoms. The number of anilines is 1. The highest BCUT2D eigenvalue weighted by Crippen LogP contribution is 2.37. The molecule has 1 aromatic carbocycles. The first-order chi connectivity index (χ1) is 10.5. The molecule has 0 radical (unpaired) electrons. The minimum Gasteiger partial charge on any atom is -0.342 e. The summed E-state index contributed by atoms with van der Waals surface area (Å²) in [7, 11) is -4.06. The van der Waals surface area contributed by atoms with E-state index in [2.05, 4.69) is 0 Å². The van der Waals surface area contributed by atoms with Crippen molar-refractivity contribution >= 4 is 21.6 Å². The number of hydrogen-bond acceptors (Lipinski definition) is 3. The molecule has 5 nitrogen and oxygen atoms in total. The Morgan fingerprint density at radius 1 is 1.13 bits per heavy atom. The van der Waals surface area contributed by atoms with E-state index in [0.717, 1.165) is 18.4 Å². The van der Waals surface area contributed by atoms with E-state index in [4.69, 9.17) is 0 Å². The predicted octanol–water partition coefficient (Wildman–Crippen LogP) is 2.34. The minimum absolute atomic E-state index is 0.341. The third-order valence-corrected chi connectivity index (χ3v) is 4.40. The molecule has 0 aliphatic carbocycles. The summed E-state index contributed by atoms with van der Waals surface area (Å²) in [5, 5.41) is 0. The van der Waals surface area contributed by atoms with Crippen molar-refractivity contribution in [1.29, 1.82) is 0 Å². The van der Waals surface area contributed by atoms with Crippen LogP contribution in [0, 0.1) is 0 Å². The van der Waals surface area contributed by atoms with Crippen LogP contribution in [0.5, 0.6) is 0 Å². The van der Waals surface area contributed by atoms with Gasteiger partial charge in [0.1, 0.15) is 6.54 Å². The fourth-order valence-electron chi connectivity index (χ4n) is 2.11. The molecule has 23 heavy (non-hydrogen) atoms. The third-order valence-electron chi connectivity index (χ3n) is 3.27. The summed E-state index contributed by atoms with van der Waals surface area (Å²) in [4.78, 5) is 13.5. The Balaban J connectivity index is 3.34. The van der Waals surface area contributed by atoms with E-state index in [1.165, 1.54) is 17.0 Å². The van der Waals surface area contributed by atoms with Gasteiger partial charge in [0, 0.05) is 13.1 Å². The quantitative estimate of drug-likeness (QED) is 0.790. The number of rotatable bonds is 6. The van der Waals surface area contributed by atoms with E-state index in [1.54, 1.807) is 13.8 Å². The monoisotopic (exact) mass is 352 g/mol. The van der Waals surface area contributed by atoms with Crippen LogP contribution in [0.3, 0.4) is 0 Å². The number of amides is 1. The molecule has 0 aliphatic heterocycles. The summed E-state index contributed by atoms with van der Waals surface area (Å²) in [5.41, 5.74) is -1.65. The van der Waals surface area contributed by atoms with E-state index in [9.17, 15) is 26.4 Å². The molecule has 0 heterocycles. The minimum atomic E-state index is -4.72. The second-order valence-electron chi connectivity index (χ2n) is 4.85. The third kappa shape index (κ3) is 4.85. The fraction of sp³-hybridized carbons (Fsp3) is 0.500. The number of sulfonamides is 1. The van der Waals surface area contributed by atoms with Gasteiger partial charge >= 0.3 is 6.18 Å². The maximum absolute atomic E-state index is 13.1. The van der Waals surface area contributed by atoms with E-state index in [-0.39, 0.29) is 0 Å². The number of carbonyl (C=O) groups excluding carboxylic acids is 1. The zero-order valence-electron chi connectivity index (χ0n) is 13.1. The van der Waals surface area contributed by atoms with Gasteiger partial charge in [-0.2, -0.15) is 13.2 Å². The number of alkyl halides is 3. The number of halogens is 3. The van der Waals surface area contributed by atoms with E-state index < -0.39 is 39.9 Å². The van der Waals surface area contributed by atoms with Crippen molar-refractivity contribution < 1.29 is 26.4 Å². The van der Waals surface area contributed by atoms with E-state index >= 15 is 0 Å². The van der Waals surface area contributed by atoms with Crippen LogP contribution in [0.1, 0.15) is 19.4 Å². The van der Waals surface area contributed by atoms with Gasteiger partial charge in [-0.15, -0.1) is 0 Å². The lowest BCUT2D eigenvalue weighted by Gasteiger charge is -2.27. The molecule has 1 amide bonds. The fourth-order valence-corrected chi connectivity index (χ4v) is 2.97. The molecule has 0 unspecified atom stereocenters. The van der Waals surface area contributed by atoms with Crippen molar-refractivity contribution in [3.8, 4) is 0 Å². The molecule has 130 valence electrons. The number of hydrogen-bond donors (Lipinski definition) is 0. The molecule has 0 aliphatic rings. The maximum Gasteiger partial charge on any atom is 0.418 e. The van der Waals surface area contributed by atoms with Gasteiger partial charge in [-0.25, -0.2) is 8.42 Å². The molecule has 0 fully saturated rings. The first kappa shape index (κ1) is 19.3. The van der Waals surface area contributed by atoms with Gasteiger partial charge in [0.15, 0.2) is 0 Å². The Hall–Kier alpha value is -1.77. The lowest BCUT2D eigenvalue weighted by molar-refractivity contribution is -0.137. The number of likely N-dealkylation sites (N-methyl/N-ethyl adjacent to an activating group) is 1. The summed E-state index contributed by atoms with van der Waals surface area (Å²) in [6.45, 7) is 3.42. The van der Waals surface area contributed by atoms with Crippen molar-refractivity contribution in [2.75, 3.05) is 30.2 Å². The van der Waals surface area contributed by atoms with Crippen LogP contribution in [0.15, 0.2) is 24.3 Å². The molecule has 1 aromatic rings. The molecule has 0 N–H and O–H groups in total. The molecule has 0 saturated heterocycles. The standard InChI is InChI=1S/C14H19F3N2O3S/c1-4-18(5-2)13(20)10-19(23(3,21)22)12-9-7-6-8-11(12)14(15,16)17/h6-9H,4-5,10H2,1-3H3. The molecule has 0 aromatic heterocycles. The molecular weight excluding hydrogens is 333 g/mol. The Kier molecular flexibility index (Phi) is 6.04. The van der Waals surface area contributed by atoms with Crippen molar-refractivity contribution in [2.24, 2.45) is 0 Å². The summed E-state index contributed by atoms with van der Waals surface area (Å²) < 4.78 is 63.7. The topological polar surface area (TPSA) is 57.7 Å². The van der Waals surface area contributed by atoms with Crippen LogP contribution >= 0.6 is 0 Å². The predicted molar refractivity (Wildman–Crippen MR) is 81.6 cm³/mol. The van der Waals surface area contributed by atoms with Gasteiger partial charge in [-0.1, -0.05) is 12.1 Å². The Bertz CT molecular complexity index is 655. The highest BCUT2D eigenvalue weighted by molar-refractivity contribution is 7.92. The Labute approximate surface area is 133 Å². The molecule has 0 bridgehead atoms. The van der Waals surface area contributed by atoms with Gasteiger partial charge in [-0.3, -0.25) is 9.10 Å². The summed E-state index contributed by atoms with van der Waals surface area (Å²) in [5.74, 6) is -0.558. The van der Waals surface area contributed by atoms with Crippen molar-refractivity contribution in [3.63, 3.8) is 0 Å².